The minimum absolute atomic E-state index is 0.000645. The van der Waals surface area contributed by atoms with Crippen molar-refractivity contribution in [3.63, 3.8) is 0 Å². The van der Waals surface area contributed by atoms with E-state index in [0.717, 1.165) is 0 Å². The molecule has 2 rings (SSSR count). The third-order valence-electron chi connectivity index (χ3n) is 6.30. The SMILES string of the molecule is CC(C)(C)[C@H](NC(=O)C(F)(F)F)C(=O)N1C[Si](C)(C)C[C@@H]1C(=O)N[C@@H](C[C@@H]1CCNC1=O)C(N)=O. The van der Waals surface area contributed by atoms with Crippen LogP contribution in [0.3, 0.4) is 0 Å². The van der Waals surface area contributed by atoms with Crippen LogP contribution in [0.5, 0.6) is 0 Å². The van der Waals surface area contributed by atoms with Gasteiger partial charge in [-0.3, -0.25) is 24.0 Å². The molecule has 0 aromatic rings. The van der Waals surface area contributed by atoms with Gasteiger partial charge in [0.15, 0.2) is 0 Å². The van der Waals surface area contributed by atoms with E-state index in [1.807, 2.05) is 13.1 Å². The Morgan fingerprint density at radius 3 is 2.23 bits per heavy atom. The van der Waals surface area contributed by atoms with Crippen LogP contribution in [-0.2, 0) is 24.0 Å². The van der Waals surface area contributed by atoms with Crippen LogP contribution in [0, 0.1) is 11.3 Å². The molecule has 5 amide bonds. The number of hydrogen-bond acceptors (Lipinski definition) is 5. The first-order chi connectivity index (χ1) is 15.8. The monoisotopic (exact) mass is 521 g/mol. The second kappa shape index (κ2) is 10.2. The third kappa shape index (κ3) is 7.18. The highest BCUT2D eigenvalue weighted by molar-refractivity contribution is 6.79. The number of carbonyl (C=O) groups excluding carboxylic acids is 5. The van der Waals surface area contributed by atoms with E-state index >= 15 is 0 Å². The smallest absolute Gasteiger partial charge is 0.368 e. The Hall–Kier alpha value is -2.64. The maximum atomic E-state index is 13.4. The van der Waals surface area contributed by atoms with Gasteiger partial charge in [0.2, 0.25) is 23.6 Å². The van der Waals surface area contributed by atoms with Gasteiger partial charge < -0.3 is 26.6 Å². The van der Waals surface area contributed by atoms with Crippen molar-refractivity contribution in [2.45, 2.75) is 77.1 Å². The molecule has 2 aliphatic heterocycles. The number of carbonyl (C=O) groups is 5. The fraction of sp³-hybridized carbons (Fsp3) is 0.762. The third-order valence-corrected chi connectivity index (χ3v) is 8.98. The van der Waals surface area contributed by atoms with Gasteiger partial charge in [0, 0.05) is 18.6 Å². The number of amides is 5. The average molecular weight is 522 g/mol. The Morgan fingerprint density at radius 1 is 1.17 bits per heavy atom. The Morgan fingerprint density at radius 2 is 1.77 bits per heavy atom. The highest BCUT2D eigenvalue weighted by Gasteiger charge is 2.50. The second-order valence-electron chi connectivity index (χ2n) is 11.1. The van der Waals surface area contributed by atoms with Crippen molar-refractivity contribution in [1.82, 2.24) is 20.9 Å². The molecule has 0 aliphatic carbocycles. The first-order valence-corrected chi connectivity index (χ1v) is 14.8. The van der Waals surface area contributed by atoms with Crippen LogP contribution >= 0.6 is 0 Å². The fourth-order valence-electron chi connectivity index (χ4n) is 4.43. The molecule has 14 heteroatoms. The summed E-state index contributed by atoms with van der Waals surface area (Å²) in [7, 11) is -2.17. The van der Waals surface area contributed by atoms with Crippen LogP contribution < -0.4 is 21.7 Å². The van der Waals surface area contributed by atoms with E-state index in [9.17, 15) is 37.1 Å². The molecule has 2 saturated heterocycles. The molecular formula is C21H34F3N5O5Si. The summed E-state index contributed by atoms with van der Waals surface area (Å²) in [6.07, 6.45) is -4.51. The zero-order valence-electron chi connectivity index (χ0n) is 20.5. The molecule has 2 fully saturated rings. The van der Waals surface area contributed by atoms with Gasteiger partial charge in [-0.1, -0.05) is 33.9 Å². The highest BCUT2D eigenvalue weighted by Crippen LogP contribution is 2.31. The van der Waals surface area contributed by atoms with Crippen molar-refractivity contribution < 1.29 is 37.1 Å². The number of nitrogens with two attached hydrogens (primary N) is 1. The first kappa shape index (κ1) is 28.6. The van der Waals surface area contributed by atoms with Crippen LogP contribution in [0.15, 0.2) is 0 Å². The van der Waals surface area contributed by atoms with E-state index in [-0.39, 0.29) is 18.5 Å². The first-order valence-electron chi connectivity index (χ1n) is 11.4. The summed E-state index contributed by atoms with van der Waals surface area (Å²) in [6, 6.07) is -3.42. The summed E-state index contributed by atoms with van der Waals surface area (Å²) in [6.45, 7) is 8.83. The molecule has 0 aromatic carbocycles. The van der Waals surface area contributed by atoms with Crippen LogP contribution in [-0.4, -0.2) is 79.5 Å². The van der Waals surface area contributed by atoms with Gasteiger partial charge in [0.05, 0.1) is 8.07 Å². The number of primary amides is 1. The predicted molar refractivity (Wildman–Crippen MR) is 122 cm³/mol. The van der Waals surface area contributed by atoms with Gasteiger partial charge in [0.25, 0.3) is 0 Å². The van der Waals surface area contributed by atoms with Gasteiger partial charge >= 0.3 is 12.1 Å². The molecule has 10 nitrogen and oxygen atoms in total. The van der Waals surface area contributed by atoms with E-state index in [1.165, 1.54) is 25.7 Å². The van der Waals surface area contributed by atoms with Crippen molar-refractivity contribution in [3.05, 3.63) is 0 Å². The minimum atomic E-state index is -5.18. The Labute approximate surface area is 202 Å². The van der Waals surface area contributed by atoms with E-state index < -0.39 is 67.3 Å². The van der Waals surface area contributed by atoms with E-state index in [0.29, 0.717) is 19.0 Å². The highest BCUT2D eigenvalue weighted by atomic mass is 28.3. The number of hydrogen-bond donors (Lipinski definition) is 4. The van der Waals surface area contributed by atoms with E-state index in [2.05, 4.69) is 10.6 Å². The summed E-state index contributed by atoms with van der Waals surface area (Å²) in [4.78, 5) is 63.4. The lowest BCUT2D eigenvalue weighted by Crippen LogP contribution is -2.60. The van der Waals surface area contributed by atoms with E-state index in [4.69, 9.17) is 5.73 Å². The molecule has 0 bridgehead atoms. The second-order valence-corrected chi connectivity index (χ2v) is 16.1. The topological polar surface area (TPSA) is 151 Å². The molecule has 2 heterocycles. The predicted octanol–water partition coefficient (Wildman–Crippen LogP) is 0.0343. The normalized spacial score (nSPS) is 23.9. The van der Waals surface area contributed by atoms with Gasteiger partial charge in [-0.25, -0.2) is 0 Å². The van der Waals surface area contributed by atoms with Crippen LogP contribution in [0.4, 0.5) is 13.2 Å². The van der Waals surface area contributed by atoms with Crippen molar-refractivity contribution >= 4 is 37.6 Å². The fourth-order valence-corrected chi connectivity index (χ4v) is 7.31. The molecule has 5 N–H and O–H groups in total. The molecule has 0 radical (unpaired) electrons. The number of nitrogens with zero attached hydrogens (tertiary/aromatic N) is 1. The van der Waals surface area contributed by atoms with Gasteiger partial charge in [0.1, 0.15) is 18.1 Å². The molecule has 0 aromatic heterocycles. The maximum Gasteiger partial charge on any atom is 0.471 e. The van der Waals surface area contributed by atoms with Crippen molar-refractivity contribution in [2.75, 3.05) is 12.7 Å². The number of alkyl halides is 3. The van der Waals surface area contributed by atoms with Crippen LogP contribution in [0.25, 0.3) is 0 Å². The molecule has 35 heavy (non-hydrogen) atoms. The number of rotatable bonds is 7. The number of halogens is 3. The Kier molecular flexibility index (Phi) is 8.29. The summed E-state index contributed by atoms with van der Waals surface area (Å²) in [5, 5.41) is 6.96. The maximum absolute atomic E-state index is 13.4. The molecular weight excluding hydrogens is 487 g/mol. The quantitative estimate of drug-likeness (QED) is 0.349. The van der Waals surface area contributed by atoms with Crippen molar-refractivity contribution in [2.24, 2.45) is 17.1 Å². The number of nitrogens with one attached hydrogen (secondary N) is 3. The molecule has 4 atom stereocenters. The molecule has 0 spiro atoms. The summed E-state index contributed by atoms with van der Waals surface area (Å²) in [5.41, 5.74) is 4.36. The molecule has 198 valence electrons. The lowest BCUT2D eigenvalue weighted by atomic mass is 9.85. The average Bonchev–Trinajstić information content (AvgIpc) is 3.25. The molecule has 2 aliphatic rings. The molecule has 0 saturated carbocycles. The lowest BCUT2D eigenvalue weighted by Gasteiger charge is -2.36. The van der Waals surface area contributed by atoms with Gasteiger partial charge in [-0.15, -0.1) is 0 Å². The zero-order valence-corrected chi connectivity index (χ0v) is 21.5. The Bertz CT molecular complexity index is 890. The lowest BCUT2D eigenvalue weighted by molar-refractivity contribution is -0.176. The van der Waals surface area contributed by atoms with E-state index in [1.54, 1.807) is 5.32 Å². The minimum Gasteiger partial charge on any atom is -0.368 e. The standard InChI is InChI=1S/C21H34F3N5O5Si/c1-20(2,3)14(28-19(34)21(22,23)24)18(33)29-10-35(4,5)9-13(29)17(32)27-12(15(25)30)8-11-6-7-26-16(11)31/h11-14H,6-10H2,1-5H3,(H2,25,30)(H,26,31)(H,27,32)(H,28,34)/t11-,12-,13+,14+/m0/s1. The summed E-state index contributed by atoms with van der Waals surface area (Å²) in [5.74, 6) is -5.30. The van der Waals surface area contributed by atoms with Crippen LogP contribution in [0.2, 0.25) is 19.1 Å². The van der Waals surface area contributed by atoms with Crippen LogP contribution in [0.1, 0.15) is 33.6 Å². The van der Waals surface area contributed by atoms with Gasteiger partial charge in [-0.05, 0) is 24.3 Å². The van der Waals surface area contributed by atoms with Crippen molar-refractivity contribution in [3.8, 4) is 0 Å². The summed E-state index contributed by atoms with van der Waals surface area (Å²) >= 11 is 0. The Balaban J connectivity index is 2.26. The van der Waals surface area contributed by atoms with Crippen molar-refractivity contribution in [1.29, 1.82) is 0 Å². The molecule has 0 unspecified atom stereocenters. The van der Waals surface area contributed by atoms with Gasteiger partial charge in [-0.2, -0.15) is 13.2 Å². The zero-order chi connectivity index (χ0) is 26.9. The largest absolute Gasteiger partial charge is 0.471 e. The summed E-state index contributed by atoms with van der Waals surface area (Å²) < 4.78 is 38.7.